The van der Waals surface area contributed by atoms with Crippen molar-refractivity contribution in [3.8, 4) is 0 Å². The van der Waals surface area contributed by atoms with Crippen LogP contribution in [0.15, 0.2) is 84.9 Å². The molecule has 2 aliphatic rings. The number of hydrogen-bond donors (Lipinski definition) is 1. The smallest absolute Gasteiger partial charge is 0.408 e. The Hall–Kier alpha value is -3.71. The molecule has 0 radical (unpaired) electrons. The first-order valence-corrected chi connectivity index (χ1v) is 15.5. The van der Waals surface area contributed by atoms with Gasteiger partial charge in [-0.15, -0.1) is 0 Å². The van der Waals surface area contributed by atoms with Gasteiger partial charge >= 0.3 is 6.09 Å². The SMILES string of the molecule is CC(=O)N1C(=O)[C@@]2(C[C@@H](C[Si](C)(C)C(c3ccccc3)c3ccccc3)OC(=O)N2)c2ccccc21. The molecule has 3 amide bonds. The van der Waals surface area contributed by atoms with E-state index in [1.165, 1.54) is 23.0 Å². The number of para-hydroxylation sites is 1. The minimum absolute atomic E-state index is 0.185. The molecule has 3 aromatic carbocycles. The van der Waals surface area contributed by atoms with Crippen molar-refractivity contribution in [3.05, 3.63) is 102 Å². The number of amides is 3. The molecule has 2 heterocycles. The van der Waals surface area contributed by atoms with Crippen LogP contribution in [-0.4, -0.2) is 32.1 Å². The average molecular weight is 499 g/mol. The molecule has 36 heavy (non-hydrogen) atoms. The van der Waals surface area contributed by atoms with Crippen molar-refractivity contribution in [2.75, 3.05) is 4.90 Å². The summed E-state index contributed by atoms with van der Waals surface area (Å²) < 4.78 is 5.82. The predicted molar refractivity (Wildman–Crippen MR) is 141 cm³/mol. The highest BCUT2D eigenvalue weighted by atomic mass is 28.3. The Bertz CT molecular complexity index is 1270. The van der Waals surface area contributed by atoms with Crippen LogP contribution in [-0.2, 0) is 19.9 Å². The van der Waals surface area contributed by atoms with E-state index in [9.17, 15) is 14.4 Å². The monoisotopic (exact) mass is 498 g/mol. The van der Waals surface area contributed by atoms with Crippen molar-refractivity contribution in [2.45, 2.75) is 49.7 Å². The normalized spacial score (nSPS) is 21.3. The number of nitrogens with zero attached hydrogens (tertiary/aromatic N) is 1. The lowest BCUT2D eigenvalue weighted by atomic mass is 9.85. The lowest BCUT2D eigenvalue weighted by molar-refractivity contribution is -0.131. The molecule has 1 saturated heterocycles. The van der Waals surface area contributed by atoms with Crippen LogP contribution in [0, 0.1) is 0 Å². The number of cyclic esters (lactones) is 1. The van der Waals surface area contributed by atoms with Crippen molar-refractivity contribution in [1.29, 1.82) is 0 Å². The molecule has 3 aromatic rings. The Morgan fingerprint density at radius 1 is 0.972 bits per heavy atom. The largest absolute Gasteiger partial charge is 0.446 e. The Morgan fingerprint density at radius 3 is 2.11 bits per heavy atom. The van der Waals surface area contributed by atoms with Crippen molar-refractivity contribution >= 4 is 31.7 Å². The molecule has 1 fully saturated rings. The van der Waals surface area contributed by atoms with Crippen LogP contribution in [0.2, 0.25) is 19.1 Å². The number of alkyl carbamates (subject to hydrolysis) is 1. The Labute approximate surface area is 212 Å². The second kappa shape index (κ2) is 9.06. The molecule has 0 aromatic heterocycles. The minimum Gasteiger partial charge on any atom is -0.446 e. The molecular formula is C29H30N2O4Si. The number of nitrogens with one attached hydrogen (secondary N) is 1. The van der Waals surface area contributed by atoms with Crippen LogP contribution in [0.1, 0.15) is 35.6 Å². The van der Waals surface area contributed by atoms with E-state index >= 15 is 0 Å². The van der Waals surface area contributed by atoms with Gasteiger partial charge in [0, 0.05) is 24.4 Å². The van der Waals surface area contributed by atoms with E-state index in [2.05, 4.69) is 66.9 Å². The van der Waals surface area contributed by atoms with Gasteiger partial charge in [0.1, 0.15) is 6.10 Å². The molecule has 6 nitrogen and oxygen atoms in total. The number of hydrogen-bond acceptors (Lipinski definition) is 4. The van der Waals surface area contributed by atoms with Gasteiger partial charge in [-0.3, -0.25) is 9.59 Å². The quantitative estimate of drug-likeness (QED) is 0.481. The number of benzene rings is 3. The van der Waals surface area contributed by atoms with Gasteiger partial charge in [-0.25, -0.2) is 9.69 Å². The Morgan fingerprint density at radius 2 is 1.53 bits per heavy atom. The summed E-state index contributed by atoms with van der Waals surface area (Å²) in [7, 11) is -2.15. The number of ether oxygens (including phenoxy) is 1. The molecule has 2 atom stereocenters. The average Bonchev–Trinajstić information content (AvgIpc) is 3.07. The fourth-order valence-electron chi connectivity index (χ4n) is 6.07. The van der Waals surface area contributed by atoms with E-state index in [1.54, 1.807) is 12.1 Å². The van der Waals surface area contributed by atoms with Gasteiger partial charge < -0.3 is 10.1 Å². The molecule has 184 valence electrons. The van der Waals surface area contributed by atoms with E-state index < -0.39 is 31.7 Å². The summed E-state index contributed by atoms with van der Waals surface area (Å²) >= 11 is 0. The van der Waals surface area contributed by atoms with Crippen LogP contribution in [0.5, 0.6) is 0 Å². The lowest BCUT2D eigenvalue weighted by Crippen LogP contribution is -2.60. The standard InChI is InChI=1S/C29H30N2O4Si/c1-20(32)31-25-17-11-10-16-24(25)29(27(31)33)18-23(35-28(34)30-29)19-36(2,3)26(21-12-6-4-7-13-21)22-14-8-5-9-15-22/h4-17,23,26H,18-19H2,1-3H3,(H,30,34)/t23-,29+/m0/s1. The summed E-state index contributed by atoms with van der Waals surface area (Å²) in [6, 6.07) is 28.7. The molecule has 0 aliphatic carbocycles. The van der Waals surface area contributed by atoms with Gasteiger partial charge in [0.05, 0.1) is 13.8 Å². The molecular weight excluding hydrogens is 468 g/mol. The van der Waals surface area contributed by atoms with Crippen molar-refractivity contribution in [3.63, 3.8) is 0 Å². The van der Waals surface area contributed by atoms with Gasteiger partial charge in [-0.05, 0) is 23.2 Å². The maximum atomic E-state index is 13.7. The summed E-state index contributed by atoms with van der Waals surface area (Å²) in [4.78, 5) is 40.1. The highest BCUT2D eigenvalue weighted by Gasteiger charge is 2.57. The highest BCUT2D eigenvalue weighted by Crippen LogP contribution is 2.47. The number of anilines is 1. The number of rotatable bonds is 5. The summed E-state index contributed by atoms with van der Waals surface area (Å²) in [5, 5.41) is 2.80. The first-order valence-electron chi connectivity index (χ1n) is 12.3. The van der Waals surface area contributed by atoms with Crippen LogP contribution in [0.3, 0.4) is 0 Å². The van der Waals surface area contributed by atoms with E-state index in [0.717, 1.165) is 0 Å². The van der Waals surface area contributed by atoms with Gasteiger partial charge in [-0.1, -0.05) is 92.0 Å². The summed E-state index contributed by atoms with van der Waals surface area (Å²) in [6.07, 6.45) is -0.801. The maximum absolute atomic E-state index is 13.7. The maximum Gasteiger partial charge on any atom is 0.408 e. The topological polar surface area (TPSA) is 75.7 Å². The zero-order chi connectivity index (χ0) is 25.5. The molecule has 7 heteroatoms. The van der Waals surface area contributed by atoms with Gasteiger partial charge in [-0.2, -0.15) is 0 Å². The molecule has 1 spiro atoms. The number of fused-ring (bicyclic) bond motifs is 2. The Balaban J connectivity index is 1.51. The summed E-state index contributed by atoms with van der Waals surface area (Å²) in [6.45, 7) is 5.99. The predicted octanol–water partition coefficient (Wildman–Crippen LogP) is 5.35. The van der Waals surface area contributed by atoms with E-state index in [1.807, 2.05) is 24.3 Å². The Kier molecular flexibility index (Phi) is 6.04. The van der Waals surface area contributed by atoms with Crippen molar-refractivity contribution in [1.82, 2.24) is 5.32 Å². The first kappa shape index (κ1) is 24.0. The lowest BCUT2D eigenvalue weighted by Gasteiger charge is -2.41. The van der Waals surface area contributed by atoms with Gasteiger partial charge in [0.2, 0.25) is 5.91 Å². The molecule has 5 rings (SSSR count). The molecule has 0 unspecified atom stereocenters. The zero-order valence-corrected chi connectivity index (χ0v) is 21.7. The van der Waals surface area contributed by atoms with Gasteiger partial charge in [0.25, 0.3) is 5.91 Å². The van der Waals surface area contributed by atoms with E-state index in [-0.39, 0.29) is 17.9 Å². The van der Waals surface area contributed by atoms with Crippen LogP contribution in [0.25, 0.3) is 0 Å². The molecule has 0 bridgehead atoms. The van der Waals surface area contributed by atoms with Gasteiger partial charge in [0.15, 0.2) is 5.54 Å². The fraction of sp³-hybridized carbons (Fsp3) is 0.276. The zero-order valence-electron chi connectivity index (χ0n) is 20.7. The summed E-state index contributed by atoms with van der Waals surface area (Å²) in [5.74, 6) is -0.787. The third-order valence-electron chi connectivity index (χ3n) is 7.41. The second-order valence-electron chi connectivity index (χ2n) is 10.4. The number of carbonyl (C=O) groups excluding carboxylic acids is 3. The molecule has 0 saturated carbocycles. The number of imide groups is 1. The second-order valence-corrected chi connectivity index (χ2v) is 15.3. The van der Waals surface area contributed by atoms with Crippen LogP contribution in [0.4, 0.5) is 10.5 Å². The van der Waals surface area contributed by atoms with E-state index in [4.69, 9.17) is 4.74 Å². The first-order chi connectivity index (χ1) is 17.2. The fourth-order valence-corrected chi connectivity index (χ4v) is 9.90. The van der Waals surface area contributed by atoms with Crippen LogP contribution >= 0.6 is 0 Å². The third kappa shape index (κ3) is 4.03. The minimum atomic E-state index is -2.15. The van der Waals surface area contributed by atoms with E-state index in [0.29, 0.717) is 17.3 Å². The molecule has 2 aliphatic heterocycles. The third-order valence-corrected chi connectivity index (χ3v) is 11.1. The van der Waals surface area contributed by atoms with Crippen molar-refractivity contribution < 1.29 is 19.1 Å². The van der Waals surface area contributed by atoms with Crippen molar-refractivity contribution in [2.24, 2.45) is 0 Å². The highest BCUT2D eigenvalue weighted by molar-refractivity contribution is 6.79. The van der Waals surface area contributed by atoms with Crippen LogP contribution < -0.4 is 10.2 Å². The molecule has 1 N–H and O–H groups in total. The number of carbonyl (C=O) groups is 3. The summed E-state index contributed by atoms with van der Waals surface area (Å²) in [5.41, 5.74) is 2.53.